The van der Waals surface area contributed by atoms with Crippen molar-refractivity contribution in [3.8, 4) is 0 Å². The maximum atomic E-state index is 13.5. The van der Waals surface area contributed by atoms with Gasteiger partial charge in [-0.05, 0) is 49.8 Å². The van der Waals surface area contributed by atoms with Crippen LogP contribution in [0.2, 0.25) is 0 Å². The summed E-state index contributed by atoms with van der Waals surface area (Å²) in [6.07, 6.45) is 1.69. The van der Waals surface area contributed by atoms with Gasteiger partial charge in [0.15, 0.2) is 0 Å². The fourth-order valence-corrected chi connectivity index (χ4v) is 2.50. The number of amides is 2. The van der Waals surface area contributed by atoms with E-state index in [2.05, 4.69) is 10.6 Å². The first-order chi connectivity index (χ1) is 9.84. The number of nitrogens with one attached hydrogen (secondary N) is 2. The molecule has 0 unspecified atom stereocenters. The number of aryl methyl sites for hydroxylation is 2. The van der Waals surface area contributed by atoms with Crippen molar-refractivity contribution in [2.75, 3.05) is 0 Å². The third kappa shape index (κ3) is 3.15. The van der Waals surface area contributed by atoms with E-state index in [0.29, 0.717) is 24.0 Å². The van der Waals surface area contributed by atoms with E-state index in [0.717, 1.165) is 12.0 Å². The highest BCUT2D eigenvalue weighted by Gasteiger charge is 2.45. The lowest BCUT2D eigenvalue weighted by Gasteiger charge is -2.38. The summed E-state index contributed by atoms with van der Waals surface area (Å²) in [5.74, 6) is -1.25. The Morgan fingerprint density at radius 2 is 1.86 bits per heavy atom. The summed E-state index contributed by atoms with van der Waals surface area (Å²) in [7, 11) is 0. The molecular weight excluding hydrogens is 275 g/mol. The molecule has 1 aliphatic carbocycles. The molecule has 1 saturated carbocycles. The lowest BCUT2D eigenvalue weighted by Crippen LogP contribution is -2.61. The van der Waals surface area contributed by atoms with Crippen LogP contribution in [0.15, 0.2) is 12.1 Å². The minimum absolute atomic E-state index is 0.226. The van der Waals surface area contributed by atoms with E-state index in [1.54, 1.807) is 26.0 Å². The van der Waals surface area contributed by atoms with E-state index in [1.807, 2.05) is 0 Å². The van der Waals surface area contributed by atoms with Crippen LogP contribution >= 0.6 is 0 Å². The fourth-order valence-electron chi connectivity index (χ4n) is 2.50. The van der Waals surface area contributed by atoms with Crippen LogP contribution in [0.25, 0.3) is 0 Å². The number of halogens is 1. The van der Waals surface area contributed by atoms with E-state index in [-0.39, 0.29) is 12.4 Å². The van der Waals surface area contributed by atoms with Gasteiger partial charge in [0.2, 0.25) is 0 Å². The van der Waals surface area contributed by atoms with Gasteiger partial charge in [-0.3, -0.25) is 0 Å². The number of carboxylic acids is 1. The average Bonchev–Trinajstić information content (AvgIpc) is 2.37. The molecule has 1 fully saturated rings. The first kappa shape index (κ1) is 15.3. The number of carbonyl (C=O) groups excluding carboxylic acids is 1. The summed E-state index contributed by atoms with van der Waals surface area (Å²) in [6, 6.07) is 2.81. The van der Waals surface area contributed by atoms with Gasteiger partial charge in [-0.2, -0.15) is 0 Å². The zero-order valence-electron chi connectivity index (χ0n) is 12.1. The predicted molar refractivity (Wildman–Crippen MR) is 75.5 cm³/mol. The van der Waals surface area contributed by atoms with E-state index in [4.69, 9.17) is 5.11 Å². The molecule has 114 valence electrons. The molecule has 1 aromatic carbocycles. The predicted octanol–water partition coefficient (Wildman–Crippen LogP) is 2.25. The Morgan fingerprint density at radius 1 is 1.29 bits per heavy atom. The Hall–Kier alpha value is -2.11. The molecule has 5 nitrogen and oxygen atoms in total. The summed E-state index contributed by atoms with van der Waals surface area (Å²) in [6.45, 7) is 3.56. The molecule has 1 aliphatic rings. The second-order valence-corrected chi connectivity index (χ2v) is 5.59. The molecule has 0 radical (unpaired) electrons. The molecule has 0 spiro atoms. The van der Waals surface area contributed by atoms with Crippen molar-refractivity contribution in [3.63, 3.8) is 0 Å². The molecule has 1 aromatic rings. The number of urea groups is 1. The Bertz CT molecular complexity index is 559. The molecule has 0 heterocycles. The smallest absolute Gasteiger partial charge is 0.329 e. The van der Waals surface area contributed by atoms with Crippen LogP contribution in [0.3, 0.4) is 0 Å². The van der Waals surface area contributed by atoms with Crippen LogP contribution in [0.5, 0.6) is 0 Å². The number of hydrogen-bond donors (Lipinski definition) is 3. The second-order valence-electron chi connectivity index (χ2n) is 5.59. The van der Waals surface area contributed by atoms with Crippen molar-refractivity contribution >= 4 is 12.0 Å². The molecule has 0 bridgehead atoms. The van der Waals surface area contributed by atoms with Crippen molar-refractivity contribution in [3.05, 3.63) is 34.6 Å². The van der Waals surface area contributed by atoms with Crippen LogP contribution in [0.1, 0.15) is 36.0 Å². The lowest BCUT2D eigenvalue weighted by molar-refractivity contribution is -0.148. The van der Waals surface area contributed by atoms with Gasteiger partial charge in [0, 0.05) is 6.54 Å². The number of rotatable bonds is 4. The first-order valence-electron chi connectivity index (χ1n) is 6.89. The Kier molecular flexibility index (Phi) is 4.16. The SMILES string of the molecule is Cc1cc(CNC(=O)NC2(C(=O)O)CCC2)cc(C)c1F. The molecular formula is C15H19FN2O3. The molecule has 0 aromatic heterocycles. The van der Waals surface area contributed by atoms with Crippen LogP contribution in [-0.4, -0.2) is 22.6 Å². The summed E-state index contributed by atoms with van der Waals surface area (Å²) >= 11 is 0. The minimum Gasteiger partial charge on any atom is -0.480 e. The average molecular weight is 294 g/mol. The highest BCUT2D eigenvalue weighted by atomic mass is 19.1. The normalized spacial score (nSPS) is 16.0. The van der Waals surface area contributed by atoms with Gasteiger partial charge in [-0.15, -0.1) is 0 Å². The van der Waals surface area contributed by atoms with Gasteiger partial charge in [-0.25, -0.2) is 14.0 Å². The highest BCUT2D eigenvalue weighted by Crippen LogP contribution is 2.31. The first-order valence-corrected chi connectivity index (χ1v) is 6.89. The molecule has 0 aliphatic heterocycles. The fraction of sp³-hybridized carbons (Fsp3) is 0.467. The Morgan fingerprint density at radius 3 is 2.29 bits per heavy atom. The van der Waals surface area contributed by atoms with E-state index < -0.39 is 17.5 Å². The zero-order chi connectivity index (χ0) is 15.6. The monoisotopic (exact) mass is 294 g/mol. The number of hydrogen-bond acceptors (Lipinski definition) is 2. The van der Waals surface area contributed by atoms with Crippen LogP contribution in [-0.2, 0) is 11.3 Å². The third-order valence-corrected chi connectivity index (χ3v) is 3.92. The third-order valence-electron chi connectivity index (χ3n) is 3.92. The maximum absolute atomic E-state index is 13.5. The van der Waals surface area contributed by atoms with E-state index >= 15 is 0 Å². The van der Waals surface area contributed by atoms with Gasteiger partial charge in [0.05, 0.1) is 0 Å². The van der Waals surface area contributed by atoms with Crippen molar-refractivity contribution in [2.24, 2.45) is 0 Å². The molecule has 0 saturated heterocycles. The van der Waals surface area contributed by atoms with E-state index in [1.165, 1.54) is 0 Å². The van der Waals surface area contributed by atoms with E-state index in [9.17, 15) is 14.0 Å². The standard InChI is InChI=1S/C15H19FN2O3/c1-9-6-11(7-10(2)12(9)16)8-17-14(21)18-15(13(19)20)4-3-5-15/h6-7H,3-5,8H2,1-2H3,(H,19,20)(H2,17,18,21). The van der Waals surface area contributed by atoms with Gasteiger partial charge < -0.3 is 15.7 Å². The van der Waals surface area contributed by atoms with Gasteiger partial charge >= 0.3 is 12.0 Å². The molecule has 0 atom stereocenters. The lowest BCUT2D eigenvalue weighted by atomic mass is 9.77. The summed E-state index contributed by atoms with van der Waals surface area (Å²) in [4.78, 5) is 23.0. The Labute approximate surface area is 122 Å². The molecule has 2 amide bonds. The number of benzene rings is 1. The Balaban J connectivity index is 1.94. The highest BCUT2D eigenvalue weighted by molar-refractivity contribution is 5.87. The quantitative estimate of drug-likeness (QED) is 0.797. The number of aliphatic carboxylic acids is 1. The van der Waals surface area contributed by atoms with Gasteiger partial charge in [-0.1, -0.05) is 12.1 Å². The zero-order valence-corrected chi connectivity index (χ0v) is 12.1. The topological polar surface area (TPSA) is 78.4 Å². The minimum atomic E-state index is -1.13. The molecule has 6 heteroatoms. The van der Waals surface area contributed by atoms with Crippen molar-refractivity contribution in [1.82, 2.24) is 10.6 Å². The van der Waals surface area contributed by atoms with Crippen molar-refractivity contribution in [1.29, 1.82) is 0 Å². The summed E-state index contributed by atoms with van der Waals surface area (Å²) < 4.78 is 13.5. The van der Waals surface area contributed by atoms with Crippen LogP contribution < -0.4 is 10.6 Å². The second kappa shape index (κ2) is 5.71. The molecule has 2 rings (SSSR count). The summed E-state index contributed by atoms with van der Waals surface area (Å²) in [5.41, 5.74) is 0.694. The van der Waals surface area contributed by atoms with Crippen molar-refractivity contribution in [2.45, 2.75) is 45.2 Å². The van der Waals surface area contributed by atoms with Crippen molar-refractivity contribution < 1.29 is 19.1 Å². The molecule has 21 heavy (non-hydrogen) atoms. The number of carboxylic acid groups (broad SMARTS) is 1. The number of carbonyl (C=O) groups is 2. The van der Waals surface area contributed by atoms with Gasteiger partial charge in [0.1, 0.15) is 11.4 Å². The van der Waals surface area contributed by atoms with Crippen LogP contribution in [0, 0.1) is 19.7 Å². The molecule has 3 N–H and O–H groups in total. The maximum Gasteiger partial charge on any atom is 0.329 e. The largest absolute Gasteiger partial charge is 0.480 e. The van der Waals surface area contributed by atoms with Gasteiger partial charge in [0.25, 0.3) is 0 Å². The van der Waals surface area contributed by atoms with Crippen LogP contribution in [0.4, 0.5) is 9.18 Å². The summed E-state index contributed by atoms with van der Waals surface area (Å²) in [5, 5.41) is 14.3.